The van der Waals surface area contributed by atoms with Crippen LogP contribution in [0.3, 0.4) is 0 Å². The first-order valence-corrected chi connectivity index (χ1v) is 10.4. The smallest absolute Gasteiger partial charge is 0.266 e. The van der Waals surface area contributed by atoms with Gasteiger partial charge < -0.3 is 9.64 Å². The van der Waals surface area contributed by atoms with Crippen molar-refractivity contribution in [1.82, 2.24) is 4.90 Å². The molecule has 0 aromatic heterocycles. The van der Waals surface area contributed by atoms with Crippen LogP contribution in [0, 0.1) is 0 Å². The van der Waals surface area contributed by atoms with Gasteiger partial charge in [0.1, 0.15) is 0 Å². The van der Waals surface area contributed by atoms with Gasteiger partial charge in [0.15, 0.2) is 5.17 Å². The van der Waals surface area contributed by atoms with Gasteiger partial charge in [0, 0.05) is 25.7 Å². The summed E-state index contributed by atoms with van der Waals surface area (Å²) in [5.74, 6) is -0.0514. The van der Waals surface area contributed by atoms with E-state index in [1.54, 1.807) is 12.0 Å². The average molecular weight is 460 g/mol. The van der Waals surface area contributed by atoms with E-state index in [1.807, 2.05) is 73.6 Å². The van der Waals surface area contributed by atoms with Crippen LogP contribution in [0.5, 0.6) is 0 Å². The number of amides is 1. The van der Waals surface area contributed by atoms with Gasteiger partial charge >= 0.3 is 0 Å². The van der Waals surface area contributed by atoms with Crippen molar-refractivity contribution in [3.05, 3.63) is 63.5 Å². The zero-order valence-electron chi connectivity index (χ0n) is 16.1. The van der Waals surface area contributed by atoms with Crippen molar-refractivity contribution in [2.45, 2.75) is 0 Å². The van der Waals surface area contributed by atoms with E-state index in [4.69, 9.17) is 4.74 Å². The van der Waals surface area contributed by atoms with E-state index >= 15 is 0 Å². The lowest BCUT2D eigenvalue weighted by Gasteiger charge is -2.15. The van der Waals surface area contributed by atoms with Gasteiger partial charge in [-0.2, -0.15) is 0 Å². The number of methoxy groups -OCH3 is 1. The minimum Gasteiger partial charge on any atom is -0.383 e. The molecule has 0 saturated carbocycles. The summed E-state index contributed by atoms with van der Waals surface area (Å²) in [6, 6.07) is 15.7. The summed E-state index contributed by atoms with van der Waals surface area (Å²) in [7, 11) is 5.62. The van der Waals surface area contributed by atoms with Crippen molar-refractivity contribution in [2.75, 3.05) is 39.3 Å². The largest absolute Gasteiger partial charge is 0.383 e. The Labute approximate surface area is 178 Å². The Hall–Kier alpha value is -2.09. The first-order chi connectivity index (χ1) is 13.5. The molecule has 1 aliphatic heterocycles. The first-order valence-electron chi connectivity index (χ1n) is 8.80. The minimum atomic E-state index is -0.0514. The number of hydrogen-bond donors (Lipinski definition) is 0. The molecule has 0 unspecified atom stereocenters. The summed E-state index contributed by atoms with van der Waals surface area (Å²) in [5.41, 5.74) is 2.86. The number of thioether (sulfide) groups is 1. The molecule has 2 aromatic rings. The Morgan fingerprint density at radius 3 is 2.61 bits per heavy atom. The maximum Gasteiger partial charge on any atom is 0.266 e. The normalized spacial score (nSPS) is 17.0. The average Bonchev–Trinajstić information content (AvgIpc) is 2.95. The van der Waals surface area contributed by atoms with Gasteiger partial charge in [-0.3, -0.25) is 9.69 Å². The highest BCUT2D eigenvalue weighted by Gasteiger charge is 2.33. The van der Waals surface area contributed by atoms with E-state index in [1.165, 1.54) is 11.8 Å². The second-order valence-electron chi connectivity index (χ2n) is 6.40. The molecule has 1 fully saturated rings. The Morgan fingerprint density at radius 1 is 1.21 bits per heavy atom. The Morgan fingerprint density at radius 2 is 1.96 bits per heavy atom. The van der Waals surface area contributed by atoms with Crippen LogP contribution >= 0.6 is 27.7 Å². The molecular formula is C21H22BrN3O2S. The fourth-order valence-corrected chi connectivity index (χ4v) is 4.49. The summed E-state index contributed by atoms with van der Waals surface area (Å²) < 4.78 is 6.15. The highest BCUT2D eigenvalue weighted by atomic mass is 79.9. The quantitative estimate of drug-likeness (QED) is 0.583. The monoisotopic (exact) mass is 459 g/mol. The van der Waals surface area contributed by atoms with Crippen molar-refractivity contribution in [3.63, 3.8) is 0 Å². The van der Waals surface area contributed by atoms with Gasteiger partial charge in [-0.05, 0) is 63.6 Å². The van der Waals surface area contributed by atoms with E-state index in [0.717, 1.165) is 21.4 Å². The number of halogens is 1. The van der Waals surface area contributed by atoms with E-state index < -0.39 is 0 Å². The van der Waals surface area contributed by atoms with Gasteiger partial charge in [-0.15, -0.1) is 0 Å². The van der Waals surface area contributed by atoms with Crippen LogP contribution in [0.1, 0.15) is 5.56 Å². The third-order valence-electron chi connectivity index (χ3n) is 4.14. The molecular weight excluding hydrogens is 438 g/mol. The molecule has 5 nitrogen and oxygen atoms in total. The number of carbonyl (C=O) groups is 1. The van der Waals surface area contributed by atoms with Gasteiger partial charge in [0.2, 0.25) is 0 Å². The second kappa shape index (κ2) is 9.41. The van der Waals surface area contributed by atoms with Crippen LogP contribution in [0.2, 0.25) is 0 Å². The molecule has 0 N–H and O–H groups in total. The molecule has 1 amide bonds. The topological polar surface area (TPSA) is 45.1 Å². The Bertz CT molecular complexity index is 913. The predicted molar refractivity (Wildman–Crippen MR) is 121 cm³/mol. The van der Waals surface area contributed by atoms with Crippen molar-refractivity contribution >= 4 is 56.2 Å². The number of hydrogen-bond acceptors (Lipinski definition) is 5. The molecule has 7 heteroatoms. The molecule has 28 heavy (non-hydrogen) atoms. The van der Waals surface area contributed by atoms with Crippen LogP contribution in [0.4, 0.5) is 11.4 Å². The van der Waals surface area contributed by atoms with E-state index in [-0.39, 0.29) is 5.91 Å². The number of nitrogens with zero attached hydrogens (tertiary/aromatic N) is 3. The number of benzene rings is 2. The van der Waals surface area contributed by atoms with E-state index in [2.05, 4.69) is 20.9 Å². The molecule has 0 aliphatic carbocycles. The van der Waals surface area contributed by atoms with Crippen LogP contribution in [0.15, 0.2) is 62.9 Å². The van der Waals surface area contributed by atoms with Gasteiger partial charge in [0.25, 0.3) is 5.91 Å². The highest BCUT2D eigenvalue weighted by Crippen LogP contribution is 2.35. The number of anilines is 1. The SMILES string of the molecule is COCCN1C(=O)/C(=C\c2ccc(N(C)C)c(Br)c2)SC1=Nc1ccccc1. The Kier molecular flexibility index (Phi) is 6.93. The summed E-state index contributed by atoms with van der Waals surface area (Å²) >= 11 is 4.99. The lowest BCUT2D eigenvalue weighted by Crippen LogP contribution is -2.32. The number of rotatable bonds is 6. The van der Waals surface area contributed by atoms with Crippen LogP contribution in [-0.4, -0.2) is 50.3 Å². The molecule has 2 aromatic carbocycles. The fourth-order valence-electron chi connectivity index (χ4n) is 2.71. The van der Waals surface area contributed by atoms with Crippen LogP contribution < -0.4 is 4.90 Å². The van der Waals surface area contributed by atoms with E-state index in [9.17, 15) is 4.79 Å². The Balaban J connectivity index is 1.91. The van der Waals surface area contributed by atoms with Crippen molar-refractivity contribution < 1.29 is 9.53 Å². The van der Waals surface area contributed by atoms with Gasteiger partial charge in [-0.25, -0.2) is 4.99 Å². The first kappa shape index (κ1) is 20.6. The predicted octanol–water partition coefficient (Wildman–Crippen LogP) is 4.77. The molecule has 0 spiro atoms. The third kappa shape index (κ3) is 4.84. The van der Waals surface area contributed by atoms with Crippen molar-refractivity contribution in [1.29, 1.82) is 0 Å². The lowest BCUT2D eigenvalue weighted by molar-refractivity contribution is -0.122. The van der Waals surface area contributed by atoms with Crippen molar-refractivity contribution in [3.8, 4) is 0 Å². The standard InChI is InChI=1S/C21H22BrN3O2S/c1-24(2)18-10-9-15(13-17(18)22)14-19-20(26)25(11-12-27-3)21(28-19)23-16-7-5-4-6-8-16/h4-10,13-14H,11-12H2,1-3H3/b19-14+,23-21?. The number of amidine groups is 1. The van der Waals surface area contributed by atoms with Gasteiger partial charge in [-0.1, -0.05) is 24.3 Å². The number of ether oxygens (including phenoxy) is 1. The summed E-state index contributed by atoms with van der Waals surface area (Å²) in [5, 5.41) is 0.670. The third-order valence-corrected chi connectivity index (χ3v) is 5.78. The lowest BCUT2D eigenvalue weighted by atomic mass is 10.2. The molecule has 0 radical (unpaired) electrons. The molecule has 3 rings (SSSR count). The summed E-state index contributed by atoms with van der Waals surface area (Å²) in [6.45, 7) is 0.922. The van der Waals surface area contributed by atoms with Crippen LogP contribution in [-0.2, 0) is 9.53 Å². The zero-order chi connectivity index (χ0) is 20.1. The van der Waals surface area contributed by atoms with Crippen LogP contribution in [0.25, 0.3) is 6.08 Å². The molecule has 0 atom stereocenters. The molecule has 1 saturated heterocycles. The van der Waals surface area contributed by atoms with E-state index in [0.29, 0.717) is 23.2 Å². The second-order valence-corrected chi connectivity index (χ2v) is 8.26. The molecule has 146 valence electrons. The maximum atomic E-state index is 13.0. The van der Waals surface area contributed by atoms with Crippen molar-refractivity contribution in [2.24, 2.45) is 4.99 Å². The highest BCUT2D eigenvalue weighted by molar-refractivity contribution is 9.10. The zero-order valence-corrected chi connectivity index (χ0v) is 18.5. The maximum absolute atomic E-state index is 13.0. The molecule has 1 heterocycles. The number of carbonyl (C=O) groups excluding carboxylic acids is 1. The number of aliphatic imine (C=N–C) groups is 1. The minimum absolute atomic E-state index is 0.0514. The number of para-hydroxylation sites is 1. The summed E-state index contributed by atoms with van der Waals surface area (Å²) in [6.07, 6.45) is 1.91. The molecule has 1 aliphatic rings. The summed E-state index contributed by atoms with van der Waals surface area (Å²) in [4.78, 5) is 22.0. The van der Waals surface area contributed by atoms with Gasteiger partial charge in [0.05, 0.1) is 29.4 Å². The molecule has 0 bridgehead atoms. The fraction of sp³-hybridized carbons (Fsp3) is 0.238.